The Morgan fingerprint density at radius 2 is 2.14 bits per heavy atom. The van der Waals surface area contributed by atoms with E-state index in [1.807, 2.05) is 0 Å². The van der Waals surface area contributed by atoms with E-state index < -0.39 is 10.0 Å². The monoisotopic (exact) mass is 334 g/mol. The lowest BCUT2D eigenvalue weighted by Crippen LogP contribution is -2.40. The summed E-state index contributed by atoms with van der Waals surface area (Å²) >= 11 is 5.94. The quantitative estimate of drug-likeness (QED) is 0.528. The van der Waals surface area contributed by atoms with Gasteiger partial charge in [0.25, 0.3) is 0 Å². The van der Waals surface area contributed by atoms with E-state index in [9.17, 15) is 8.42 Å². The molecule has 7 nitrogen and oxygen atoms in total. The van der Waals surface area contributed by atoms with E-state index in [-0.39, 0.29) is 34.9 Å². The van der Waals surface area contributed by atoms with Crippen molar-refractivity contribution in [2.75, 3.05) is 18.6 Å². The van der Waals surface area contributed by atoms with Crippen molar-refractivity contribution in [3.63, 3.8) is 0 Å². The third-order valence-electron chi connectivity index (χ3n) is 3.61. The Kier molecular flexibility index (Phi) is 5.39. The summed E-state index contributed by atoms with van der Waals surface area (Å²) in [5.74, 6) is 5.44. The lowest BCUT2D eigenvalue weighted by molar-refractivity contribution is 0.226. The molecule has 1 aliphatic rings. The smallest absolute Gasteiger partial charge is 0.244 e. The molecule has 9 heteroatoms. The van der Waals surface area contributed by atoms with Crippen LogP contribution in [-0.2, 0) is 10.0 Å². The summed E-state index contributed by atoms with van der Waals surface area (Å²) < 4.78 is 26.8. The summed E-state index contributed by atoms with van der Waals surface area (Å²) in [5.41, 5.74) is 2.29. The van der Waals surface area contributed by atoms with Crippen molar-refractivity contribution in [2.24, 2.45) is 5.84 Å². The van der Waals surface area contributed by atoms with Gasteiger partial charge in [0.2, 0.25) is 10.0 Å². The molecule has 1 saturated carbocycles. The average Bonchev–Trinajstić information content (AvgIpc) is 2.98. The van der Waals surface area contributed by atoms with E-state index in [0.717, 1.165) is 25.7 Å². The van der Waals surface area contributed by atoms with Gasteiger partial charge in [-0.2, -0.15) is 4.31 Å². The number of hydrazine groups is 1. The van der Waals surface area contributed by atoms with Gasteiger partial charge in [-0.1, -0.05) is 24.4 Å². The Morgan fingerprint density at radius 3 is 2.67 bits per heavy atom. The maximum absolute atomic E-state index is 12.7. The summed E-state index contributed by atoms with van der Waals surface area (Å²) in [6.45, 7) is -0.152. The van der Waals surface area contributed by atoms with Crippen LogP contribution in [-0.4, -0.2) is 42.0 Å². The van der Waals surface area contributed by atoms with Gasteiger partial charge in [0.1, 0.15) is 4.90 Å². The molecule has 1 aliphatic carbocycles. The zero-order valence-electron chi connectivity index (χ0n) is 11.5. The summed E-state index contributed by atoms with van der Waals surface area (Å²) in [5, 5.41) is 9.30. The lowest BCUT2D eigenvalue weighted by Gasteiger charge is -2.27. The molecular formula is C12H19ClN4O3S. The van der Waals surface area contributed by atoms with E-state index >= 15 is 0 Å². The molecule has 1 aromatic rings. The Balaban J connectivity index is 2.35. The van der Waals surface area contributed by atoms with Gasteiger partial charge in [0, 0.05) is 18.8 Å². The van der Waals surface area contributed by atoms with Crippen LogP contribution in [0.2, 0.25) is 5.02 Å². The Morgan fingerprint density at radius 1 is 1.48 bits per heavy atom. The maximum atomic E-state index is 12.7. The fourth-order valence-electron chi connectivity index (χ4n) is 2.59. The van der Waals surface area contributed by atoms with Crippen LogP contribution in [0.3, 0.4) is 0 Å². The second kappa shape index (κ2) is 6.89. The third-order valence-corrected chi connectivity index (χ3v) is 5.82. The van der Waals surface area contributed by atoms with Crippen molar-refractivity contribution < 1.29 is 13.5 Å². The maximum Gasteiger partial charge on any atom is 0.244 e. The zero-order chi connectivity index (χ0) is 15.5. The number of halogens is 1. The molecule has 0 spiro atoms. The van der Waals surface area contributed by atoms with Crippen LogP contribution >= 0.6 is 11.6 Å². The lowest BCUT2D eigenvalue weighted by atomic mass is 10.2. The predicted octanol–water partition coefficient (Wildman–Crippen LogP) is 0.946. The first-order valence-electron chi connectivity index (χ1n) is 6.75. The number of sulfonamides is 1. The highest BCUT2D eigenvalue weighted by Gasteiger charge is 2.33. The van der Waals surface area contributed by atoms with Crippen LogP contribution in [0.15, 0.2) is 17.2 Å². The number of nitrogens with one attached hydrogen (secondary N) is 1. The number of anilines is 1. The van der Waals surface area contributed by atoms with Crippen molar-refractivity contribution >= 4 is 27.4 Å². The van der Waals surface area contributed by atoms with E-state index in [1.165, 1.54) is 16.6 Å². The SMILES string of the molecule is NNc1ncc(S(=O)(=O)N(CCO)C2CCCC2)cc1Cl. The van der Waals surface area contributed by atoms with Crippen molar-refractivity contribution in [3.8, 4) is 0 Å². The van der Waals surface area contributed by atoms with Gasteiger partial charge in [-0.3, -0.25) is 0 Å². The molecule has 0 unspecified atom stereocenters. The molecule has 0 atom stereocenters. The molecule has 2 rings (SSSR count). The molecule has 1 aromatic heterocycles. The summed E-state index contributed by atoms with van der Waals surface area (Å²) in [6, 6.07) is 1.24. The number of pyridine rings is 1. The molecule has 4 N–H and O–H groups in total. The second-order valence-corrected chi connectivity index (χ2v) is 7.22. The molecule has 21 heavy (non-hydrogen) atoms. The van der Waals surface area contributed by atoms with Crippen molar-refractivity contribution in [1.82, 2.24) is 9.29 Å². The minimum Gasteiger partial charge on any atom is -0.395 e. The Bertz CT molecular complexity index is 590. The van der Waals surface area contributed by atoms with Crippen LogP contribution in [0.25, 0.3) is 0 Å². The normalized spacial score (nSPS) is 16.6. The van der Waals surface area contributed by atoms with Gasteiger partial charge in [0.05, 0.1) is 11.6 Å². The largest absolute Gasteiger partial charge is 0.395 e. The molecule has 0 aromatic carbocycles. The molecule has 0 bridgehead atoms. The number of nitrogens with two attached hydrogens (primary N) is 1. The minimum absolute atomic E-state index is 0.00634. The first-order valence-corrected chi connectivity index (χ1v) is 8.57. The van der Waals surface area contributed by atoms with Gasteiger partial charge in [0.15, 0.2) is 5.82 Å². The summed E-state index contributed by atoms with van der Waals surface area (Å²) in [4.78, 5) is 3.90. The first kappa shape index (κ1) is 16.4. The molecule has 118 valence electrons. The molecule has 0 aliphatic heterocycles. The van der Waals surface area contributed by atoms with Crippen LogP contribution in [0.4, 0.5) is 5.82 Å². The number of nitrogens with zero attached hydrogens (tertiary/aromatic N) is 2. The highest BCUT2D eigenvalue weighted by molar-refractivity contribution is 7.89. The van der Waals surface area contributed by atoms with Crippen molar-refractivity contribution in [1.29, 1.82) is 0 Å². The summed E-state index contributed by atoms with van der Waals surface area (Å²) in [7, 11) is -3.74. The van der Waals surface area contributed by atoms with E-state index in [4.69, 9.17) is 22.6 Å². The predicted molar refractivity (Wildman–Crippen MR) is 80.3 cm³/mol. The van der Waals surface area contributed by atoms with Crippen molar-refractivity contribution in [3.05, 3.63) is 17.3 Å². The van der Waals surface area contributed by atoms with Crippen LogP contribution in [0.1, 0.15) is 25.7 Å². The zero-order valence-corrected chi connectivity index (χ0v) is 13.1. The van der Waals surface area contributed by atoms with E-state index in [2.05, 4.69) is 10.4 Å². The number of aromatic nitrogens is 1. The molecule has 0 saturated heterocycles. The minimum atomic E-state index is -3.74. The van der Waals surface area contributed by atoms with Gasteiger partial charge < -0.3 is 10.5 Å². The van der Waals surface area contributed by atoms with Crippen molar-refractivity contribution in [2.45, 2.75) is 36.6 Å². The van der Waals surface area contributed by atoms with Crippen LogP contribution in [0.5, 0.6) is 0 Å². The topological polar surface area (TPSA) is 109 Å². The average molecular weight is 335 g/mol. The fraction of sp³-hybridized carbons (Fsp3) is 0.583. The van der Waals surface area contributed by atoms with Gasteiger partial charge >= 0.3 is 0 Å². The first-order chi connectivity index (χ1) is 10.0. The highest BCUT2D eigenvalue weighted by Crippen LogP contribution is 2.30. The standard InChI is InChI=1S/C12H19ClN4O3S/c13-11-7-10(8-15-12(11)16-14)21(19,20)17(5-6-18)9-3-1-2-4-9/h7-9,18H,1-6,14H2,(H,15,16). The molecule has 0 radical (unpaired) electrons. The Labute approximate surface area is 129 Å². The fourth-order valence-corrected chi connectivity index (χ4v) is 4.53. The number of hydrogen-bond donors (Lipinski definition) is 3. The van der Waals surface area contributed by atoms with Crippen LogP contribution < -0.4 is 11.3 Å². The molecule has 0 amide bonds. The number of nitrogen functional groups attached to an aromatic ring is 1. The van der Waals surface area contributed by atoms with Gasteiger partial charge in [-0.25, -0.2) is 19.2 Å². The number of rotatable bonds is 6. The second-order valence-electron chi connectivity index (χ2n) is 4.92. The van der Waals surface area contributed by atoms with Gasteiger partial charge in [-0.15, -0.1) is 0 Å². The third kappa shape index (κ3) is 3.46. The van der Waals surface area contributed by atoms with E-state index in [0.29, 0.717) is 0 Å². The molecular weight excluding hydrogens is 316 g/mol. The number of aliphatic hydroxyl groups excluding tert-OH is 1. The summed E-state index contributed by atoms with van der Waals surface area (Å²) in [6.07, 6.45) is 4.83. The molecule has 1 fully saturated rings. The molecule has 1 heterocycles. The van der Waals surface area contributed by atoms with E-state index in [1.54, 1.807) is 0 Å². The highest BCUT2D eigenvalue weighted by atomic mass is 35.5. The Hall–Kier alpha value is -0.930. The van der Waals surface area contributed by atoms with Crippen LogP contribution in [0, 0.1) is 0 Å². The number of hydrogen-bond acceptors (Lipinski definition) is 6. The number of aliphatic hydroxyl groups is 1. The van der Waals surface area contributed by atoms with Gasteiger partial charge in [-0.05, 0) is 18.9 Å².